The Morgan fingerprint density at radius 1 is 1.26 bits per heavy atom. The van der Waals surface area contributed by atoms with E-state index in [1.165, 1.54) is 18.2 Å². The van der Waals surface area contributed by atoms with Crippen molar-refractivity contribution < 1.29 is 14.3 Å². The molecule has 8 heteroatoms. The number of carbonyl (C=O) groups is 1. The highest BCUT2D eigenvalue weighted by molar-refractivity contribution is 7.99. The maximum atomic E-state index is 12.5. The zero-order chi connectivity index (χ0) is 19.4. The van der Waals surface area contributed by atoms with Crippen LogP contribution in [0.15, 0.2) is 23.4 Å². The van der Waals surface area contributed by atoms with Crippen LogP contribution in [0.3, 0.4) is 0 Å². The van der Waals surface area contributed by atoms with Crippen molar-refractivity contribution in [1.29, 1.82) is 0 Å². The standard InChI is InChI=1S/C19H26N4O3S/c1-12-7-13(2)10-23(9-12)17(24)11-27-19-20-18(21-22-19)15-6-5-14(25-3)8-16(15)26-4/h5-6,8,12-13H,7,9-11H2,1-4H3,(H,20,21,22). The molecule has 1 fully saturated rings. The monoisotopic (exact) mass is 390 g/mol. The lowest BCUT2D eigenvalue weighted by Crippen LogP contribution is -2.43. The van der Waals surface area contributed by atoms with E-state index in [1.807, 2.05) is 17.0 Å². The second kappa shape index (κ2) is 8.65. The topological polar surface area (TPSA) is 80.3 Å². The molecule has 2 aromatic rings. The second-order valence-corrected chi connectivity index (χ2v) is 8.01. The van der Waals surface area contributed by atoms with Crippen LogP contribution in [0.2, 0.25) is 0 Å². The van der Waals surface area contributed by atoms with E-state index < -0.39 is 0 Å². The summed E-state index contributed by atoms with van der Waals surface area (Å²) in [5, 5.41) is 7.70. The lowest BCUT2D eigenvalue weighted by atomic mass is 9.92. The summed E-state index contributed by atoms with van der Waals surface area (Å²) in [5.41, 5.74) is 0.794. The first kappa shape index (κ1) is 19.5. The lowest BCUT2D eigenvalue weighted by molar-refractivity contribution is -0.130. The van der Waals surface area contributed by atoms with Gasteiger partial charge in [0, 0.05) is 19.2 Å². The molecule has 1 amide bonds. The van der Waals surface area contributed by atoms with Crippen LogP contribution in [0.25, 0.3) is 11.4 Å². The molecule has 2 unspecified atom stereocenters. The number of piperidine rings is 1. The Morgan fingerprint density at radius 3 is 2.67 bits per heavy atom. The number of methoxy groups -OCH3 is 2. The second-order valence-electron chi connectivity index (χ2n) is 7.07. The Hall–Kier alpha value is -2.22. The van der Waals surface area contributed by atoms with E-state index in [-0.39, 0.29) is 5.91 Å². The summed E-state index contributed by atoms with van der Waals surface area (Å²) < 4.78 is 10.6. The molecule has 146 valence electrons. The van der Waals surface area contributed by atoms with Crippen molar-refractivity contribution in [1.82, 2.24) is 20.1 Å². The number of benzene rings is 1. The largest absolute Gasteiger partial charge is 0.497 e. The zero-order valence-corrected chi connectivity index (χ0v) is 17.0. The number of carbonyl (C=O) groups excluding carboxylic acids is 1. The minimum absolute atomic E-state index is 0.145. The van der Waals surface area contributed by atoms with Crippen LogP contribution >= 0.6 is 11.8 Å². The van der Waals surface area contributed by atoms with Crippen LogP contribution in [0, 0.1) is 11.8 Å². The van der Waals surface area contributed by atoms with Gasteiger partial charge in [-0.25, -0.2) is 4.98 Å². The predicted molar refractivity (Wildman–Crippen MR) is 105 cm³/mol. The van der Waals surface area contributed by atoms with Gasteiger partial charge in [-0.15, -0.1) is 5.10 Å². The Bertz CT molecular complexity index is 785. The number of H-pyrrole nitrogens is 1. The third-order valence-corrected chi connectivity index (χ3v) is 5.51. The maximum Gasteiger partial charge on any atom is 0.233 e. The molecular formula is C19H26N4O3S. The van der Waals surface area contributed by atoms with Crippen molar-refractivity contribution in [3.8, 4) is 22.9 Å². The van der Waals surface area contributed by atoms with E-state index in [0.717, 1.165) is 18.7 Å². The van der Waals surface area contributed by atoms with Crippen molar-refractivity contribution in [3.63, 3.8) is 0 Å². The first-order valence-electron chi connectivity index (χ1n) is 9.05. The highest BCUT2D eigenvalue weighted by Crippen LogP contribution is 2.32. The van der Waals surface area contributed by atoms with Gasteiger partial charge in [0.1, 0.15) is 11.5 Å². The molecule has 0 saturated carbocycles. The van der Waals surface area contributed by atoms with Crippen molar-refractivity contribution >= 4 is 17.7 Å². The van der Waals surface area contributed by atoms with Crippen LogP contribution in [0.1, 0.15) is 20.3 Å². The van der Waals surface area contributed by atoms with Crippen molar-refractivity contribution in [3.05, 3.63) is 18.2 Å². The first-order chi connectivity index (χ1) is 13.0. The minimum Gasteiger partial charge on any atom is -0.497 e. The summed E-state index contributed by atoms with van der Waals surface area (Å²) in [6.45, 7) is 6.08. The molecule has 1 aliphatic heterocycles. The maximum absolute atomic E-state index is 12.5. The molecule has 27 heavy (non-hydrogen) atoms. The Morgan fingerprint density at radius 2 is 2.00 bits per heavy atom. The number of hydrogen-bond acceptors (Lipinski definition) is 6. The van der Waals surface area contributed by atoms with Gasteiger partial charge in [0.25, 0.3) is 0 Å². The van der Waals surface area contributed by atoms with E-state index >= 15 is 0 Å². The van der Waals surface area contributed by atoms with E-state index in [4.69, 9.17) is 9.47 Å². The summed E-state index contributed by atoms with van der Waals surface area (Å²) in [4.78, 5) is 19.0. The molecule has 1 N–H and O–H groups in total. The number of aromatic nitrogens is 3. The number of aromatic amines is 1. The van der Waals surface area contributed by atoms with Gasteiger partial charge in [0.15, 0.2) is 5.82 Å². The first-order valence-corrected chi connectivity index (χ1v) is 10.0. The lowest BCUT2D eigenvalue weighted by Gasteiger charge is -2.34. The van der Waals surface area contributed by atoms with Gasteiger partial charge in [-0.2, -0.15) is 0 Å². The number of nitrogens with zero attached hydrogens (tertiary/aromatic N) is 3. The predicted octanol–water partition coefficient (Wildman–Crippen LogP) is 3.09. The van der Waals surface area contributed by atoms with E-state index in [0.29, 0.717) is 40.1 Å². The van der Waals surface area contributed by atoms with Crippen LogP contribution in [-0.2, 0) is 4.79 Å². The smallest absolute Gasteiger partial charge is 0.233 e. The van der Waals surface area contributed by atoms with Gasteiger partial charge in [0.2, 0.25) is 11.1 Å². The Labute approximate surface area is 163 Å². The number of amides is 1. The molecule has 1 aliphatic rings. The minimum atomic E-state index is 0.145. The molecule has 1 aromatic heterocycles. The Kier molecular flexibility index (Phi) is 6.26. The number of rotatable bonds is 6. The van der Waals surface area contributed by atoms with Gasteiger partial charge >= 0.3 is 0 Å². The highest BCUT2D eigenvalue weighted by atomic mass is 32.2. The third kappa shape index (κ3) is 4.74. The number of likely N-dealkylation sites (tertiary alicyclic amines) is 1. The van der Waals surface area contributed by atoms with Gasteiger partial charge in [0.05, 0.1) is 25.5 Å². The fraction of sp³-hybridized carbons (Fsp3) is 0.526. The van der Waals surface area contributed by atoms with Crippen molar-refractivity contribution in [2.45, 2.75) is 25.4 Å². The normalized spacial score (nSPS) is 19.8. The number of nitrogens with one attached hydrogen (secondary N) is 1. The number of hydrogen-bond donors (Lipinski definition) is 1. The average molecular weight is 391 g/mol. The SMILES string of the molecule is COc1ccc(-c2nc(SCC(=O)N3CC(C)CC(C)C3)n[nH]2)c(OC)c1. The van der Waals surface area contributed by atoms with E-state index in [2.05, 4.69) is 29.0 Å². The van der Waals surface area contributed by atoms with Crippen LogP contribution in [0.5, 0.6) is 11.5 Å². The quantitative estimate of drug-likeness (QED) is 0.764. The molecule has 0 bridgehead atoms. The van der Waals surface area contributed by atoms with Crippen LogP contribution < -0.4 is 9.47 Å². The van der Waals surface area contributed by atoms with E-state index in [1.54, 1.807) is 20.3 Å². The summed E-state index contributed by atoms with van der Waals surface area (Å²) in [6, 6.07) is 5.51. The van der Waals surface area contributed by atoms with E-state index in [9.17, 15) is 4.79 Å². The molecule has 1 aromatic carbocycles. The summed E-state index contributed by atoms with van der Waals surface area (Å²) in [5.74, 6) is 3.56. The van der Waals surface area contributed by atoms with Gasteiger partial charge in [-0.1, -0.05) is 25.6 Å². The van der Waals surface area contributed by atoms with Crippen molar-refractivity contribution in [2.24, 2.45) is 11.8 Å². The summed E-state index contributed by atoms with van der Waals surface area (Å²) in [6.07, 6.45) is 1.19. The van der Waals surface area contributed by atoms with Gasteiger partial charge in [-0.05, 0) is 30.4 Å². The molecule has 2 heterocycles. The fourth-order valence-electron chi connectivity index (χ4n) is 3.51. The molecule has 0 aliphatic carbocycles. The highest BCUT2D eigenvalue weighted by Gasteiger charge is 2.25. The molecule has 2 atom stereocenters. The van der Waals surface area contributed by atoms with Crippen molar-refractivity contribution in [2.75, 3.05) is 33.1 Å². The Balaban J connectivity index is 1.64. The third-order valence-electron chi connectivity index (χ3n) is 4.68. The van der Waals surface area contributed by atoms with Crippen LogP contribution in [0.4, 0.5) is 0 Å². The molecule has 3 rings (SSSR count). The summed E-state index contributed by atoms with van der Waals surface area (Å²) >= 11 is 1.35. The average Bonchev–Trinajstić information content (AvgIpc) is 3.13. The summed E-state index contributed by atoms with van der Waals surface area (Å²) in [7, 11) is 3.21. The van der Waals surface area contributed by atoms with Crippen LogP contribution in [-0.4, -0.2) is 59.1 Å². The molecule has 7 nitrogen and oxygen atoms in total. The molecule has 0 radical (unpaired) electrons. The molecular weight excluding hydrogens is 364 g/mol. The number of thioether (sulfide) groups is 1. The van der Waals surface area contributed by atoms with Gasteiger partial charge in [-0.3, -0.25) is 9.89 Å². The zero-order valence-electron chi connectivity index (χ0n) is 16.2. The number of ether oxygens (including phenoxy) is 2. The molecule has 1 saturated heterocycles. The molecule has 0 spiro atoms. The van der Waals surface area contributed by atoms with Gasteiger partial charge < -0.3 is 14.4 Å². The fourth-order valence-corrected chi connectivity index (χ4v) is 4.21.